The van der Waals surface area contributed by atoms with E-state index in [-0.39, 0.29) is 12.1 Å². The summed E-state index contributed by atoms with van der Waals surface area (Å²) in [7, 11) is 0. The number of hydrogen-bond acceptors (Lipinski definition) is 4. The van der Waals surface area contributed by atoms with E-state index in [0.717, 1.165) is 5.69 Å². The number of carboxylic acid groups (broad SMARTS) is 1. The van der Waals surface area contributed by atoms with Gasteiger partial charge in [-0.2, -0.15) is 0 Å². The van der Waals surface area contributed by atoms with E-state index in [9.17, 15) is 9.59 Å². The van der Waals surface area contributed by atoms with Crippen LogP contribution in [0, 0.1) is 0 Å². The van der Waals surface area contributed by atoms with E-state index in [1.54, 1.807) is 29.2 Å². The zero-order valence-electron chi connectivity index (χ0n) is 9.00. The van der Waals surface area contributed by atoms with E-state index in [1.165, 1.54) is 0 Å². The Morgan fingerprint density at radius 1 is 1.41 bits per heavy atom. The van der Waals surface area contributed by atoms with Gasteiger partial charge in [-0.1, -0.05) is 24.8 Å². The number of anilines is 1. The summed E-state index contributed by atoms with van der Waals surface area (Å²) in [6.07, 6.45) is -0.928. The van der Waals surface area contributed by atoms with E-state index < -0.39 is 18.2 Å². The molecule has 1 atom stereocenters. The highest BCUT2D eigenvalue weighted by atomic mass is 16.6. The minimum absolute atomic E-state index is 0.0287. The van der Waals surface area contributed by atoms with Gasteiger partial charge in [-0.15, -0.1) is 0 Å². The fourth-order valence-corrected chi connectivity index (χ4v) is 1.66. The smallest absolute Gasteiger partial charge is 0.336 e. The highest BCUT2D eigenvalue weighted by Crippen LogP contribution is 2.25. The molecule has 0 aromatic heterocycles. The average molecular weight is 233 g/mol. The zero-order valence-corrected chi connectivity index (χ0v) is 9.00. The molecule has 5 heteroatoms. The number of nitrogens with zero attached hydrogens (tertiary/aromatic N) is 1. The van der Waals surface area contributed by atoms with Crippen molar-refractivity contribution >= 4 is 17.6 Å². The Morgan fingerprint density at radius 3 is 2.65 bits per heavy atom. The van der Waals surface area contributed by atoms with Gasteiger partial charge in [-0.05, 0) is 12.1 Å². The number of carboxylic acids is 1. The number of para-hydroxylation sites is 1. The number of cyclic esters (lactones) is 1. The molecule has 1 heterocycles. The van der Waals surface area contributed by atoms with Gasteiger partial charge in [0.15, 0.2) is 0 Å². The molecule has 0 bridgehead atoms. The summed E-state index contributed by atoms with van der Waals surface area (Å²) in [6, 6.07) is 9.01. The van der Waals surface area contributed by atoms with Gasteiger partial charge in [0.05, 0.1) is 5.57 Å². The third-order valence-electron chi connectivity index (χ3n) is 2.49. The van der Waals surface area contributed by atoms with Crippen LogP contribution in [-0.2, 0) is 14.3 Å². The summed E-state index contributed by atoms with van der Waals surface area (Å²) in [6.45, 7) is 3.46. The third kappa shape index (κ3) is 2.13. The summed E-state index contributed by atoms with van der Waals surface area (Å²) in [4.78, 5) is 23.7. The molecule has 1 saturated heterocycles. The van der Waals surface area contributed by atoms with Crippen molar-refractivity contribution < 1.29 is 19.4 Å². The van der Waals surface area contributed by atoms with Crippen molar-refractivity contribution in [3.05, 3.63) is 42.5 Å². The average Bonchev–Trinajstić information content (AvgIpc) is 2.71. The van der Waals surface area contributed by atoms with Crippen LogP contribution in [0.3, 0.4) is 0 Å². The van der Waals surface area contributed by atoms with Crippen molar-refractivity contribution in [3.8, 4) is 0 Å². The number of esters is 1. The molecule has 1 aromatic rings. The first-order valence-corrected chi connectivity index (χ1v) is 5.03. The standard InChI is InChI=1S/C12H11NO4/c1-8(12(15)16)11-13(7-10(14)17-11)9-5-3-2-4-6-9/h2-6,11H,1,7H2,(H,15,16). The molecule has 1 aromatic carbocycles. The molecule has 0 aliphatic carbocycles. The monoisotopic (exact) mass is 233 g/mol. The Balaban J connectivity index is 2.29. The minimum Gasteiger partial charge on any atom is -0.478 e. The topological polar surface area (TPSA) is 66.8 Å². The van der Waals surface area contributed by atoms with Crippen LogP contribution in [-0.4, -0.2) is 29.8 Å². The largest absolute Gasteiger partial charge is 0.478 e. The number of aliphatic carboxylic acids is 1. The lowest BCUT2D eigenvalue weighted by Crippen LogP contribution is -2.33. The first-order chi connectivity index (χ1) is 8.09. The van der Waals surface area contributed by atoms with Gasteiger partial charge in [0.2, 0.25) is 6.23 Å². The Labute approximate surface area is 97.9 Å². The third-order valence-corrected chi connectivity index (χ3v) is 2.49. The second-order valence-electron chi connectivity index (χ2n) is 3.64. The van der Waals surface area contributed by atoms with Crippen molar-refractivity contribution in [2.45, 2.75) is 6.23 Å². The summed E-state index contributed by atoms with van der Waals surface area (Å²) in [5.41, 5.74) is 0.574. The van der Waals surface area contributed by atoms with Gasteiger partial charge >= 0.3 is 11.9 Å². The molecule has 1 aliphatic heterocycles. The molecule has 2 rings (SSSR count). The van der Waals surface area contributed by atoms with E-state index in [1.807, 2.05) is 6.07 Å². The predicted molar refractivity (Wildman–Crippen MR) is 60.4 cm³/mol. The molecule has 1 fully saturated rings. The lowest BCUT2D eigenvalue weighted by Gasteiger charge is -2.23. The summed E-state index contributed by atoms with van der Waals surface area (Å²) < 4.78 is 4.96. The maximum absolute atomic E-state index is 11.3. The normalized spacial score (nSPS) is 18.9. The van der Waals surface area contributed by atoms with Crippen LogP contribution in [0.4, 0.5) is 5.69 Å². The van der Waals surface area contributed by atoms with Crippen molar-refractivity contribution in [1.82, 2.24) is 0 Å². The van der Waals surface area contributed by atoms with Crippen LogP contribution in [0.5, 0.6) is 0 Å². The maximum Gasteiger partial charge on any atom is 0.336 e. The lowest BCUT2D eigenvalue weighted by atomic mass is 10.2. The van der Waals surface area contributed by atoms with Gasteiger partial charge in [-0.25, -0.2) is 4.79 Å². The molecule has 0 saturated carbocycles. The van der Waals surface area contributed by atoms with Crippen LogP contribution in [0.2, 0.25) is 0 Å². The molecule has 1 unspecified atom stereocenters. The number of carbonyl (C=O) groups is 2. The molecule has 88 valence electrons. The van der Waals surface area contributed by atoms with Crippen molar-refractivity contribution in [2.75, 3.05) is 11.4 Å². The fourth-order valence-electron chi connectivity index (χ4n) is 1.66. The molecule has 1 aliphatic rings. The molecule has 0 radical (unpaired) electrons. The van der Waals surface area contributed by atoms with Crippen molar-refractivity contribution in [3.63, 3.8) is 0 Å². The van der Waals surface area contributed by atoms with Crippen LogP contribution in [0.15, 0.2) is 42.5 Å². The lowest BCUT2D eigenvalue weighted by molar-refractivity contribution is -0.141. The molecule has 5 nitrogen and oxygen atoms in total. The summed E-state index contributed by atoms with van der Waals surface area (Å²) in [5.74, 6) is -1.63. The van der Waals surface area contributed by atoms with Crippen LogP contribution >= 0.6 is 0 Å². The maximum atomic E-state index is 11.3. The van der Waals surface area contributed by atoms with Gasteiger partial charge in [-0.3, -0.25) is 4.79 Å². The second-order valence-corrected chi connectivity index (χ2v) is 3.64. The highest BCUT2D eigenvalue weighted by Gasteiger charge is 2.36. The van der Waals surface area contributed by atoms with Crippen LogP contribution < -0.4 is 4.90 Å². The fraction of sp³-hybridized carbons (Fsp3) is 0.167. The van der Waals surface area contributed by atoms with Gasteiger partial charge in [0.1, 0.15) is 6.54 Å². The second kappa shape index (κ2) is 4.29. The van der Waals surface area contributed by atoms with Crippen molar-refractivity contribution in [2.24, 2.45) is 0 Å². The molecular formula is C12H11NO4. The quantitative estimate of drug-likeness (QED) is 0.623. The van der Waals surface area contributed by atoms with E-state index >= 15 is 0 Å². The number of rotatable bonds is 3. The van der Waals surface area contributed by atoms with Crippen molar-refractivity contribution in [1.29, 1.82) is 0 Å². The minimum atomic E-state index is -1.18. The molecule has 1 N–H and O–H groups in total. The van der Waals surface area contributed by atoms with Gasteiger partial charge in [0.25, 0.3) is 0 Å². The number of ether oxygens (including phenoxy) is 1. The van der Waals surface area contributed by atoms with E-state index in [4.69, 9.17) is 9.84 Å². The van der Waals surface area contributed by atoms with Gasteiger partial charge < -0.3 is 14.7 Å². The Kier molecular flexibility index (Phi) is 2.82. The first-order valence-electron chi connectivity index (χ1n) is 5.03. The summed E-state index contributed by atoms with van der Waals surface area (Å²) in [5, 5.41) is 8.88. The Hall–Kier alpha value is -2.30. The predicted octanol–water partition coefficient (Wildman–Crippen LogP) is 1.02. The summed E-state index contributed by atoms with van der Waals surface area (Å²) >= 11 is 0. The molecule has 0 spiro atoms. The van der Waals surface area contributed by atoms with Gasteiger partial charge in [0, 0.05) is 5.69 Å². The molecular weight excluding hydrogens is 222 g/mol. The zero-order chi connectivity index (χ0) is 12.4. The Morgan fingerprint density at radius 2 is 2.06 bits per heavy atom. The number of hydrogen-bond donors (Lipinski definition) is 1. The number of benzene rings is 1. The highest BCUT2D eigenvalue weighted by molar-refractivity contribution is 5.91. The van der Waals surface area contributed by atoms with Crippen LogP contribution in [0.25, 0.3) is 0 Å². The first kappa shape index (κ1) is 11.2. The number of carbonyl (C=O) groups excluding carboxylic acids is 1. The van der Waals surface area contributed by atoms with E-state index in [2.05, 4.69) is 6.58 Å². The Bertz CT molecular complexity index is 469. The SMILES string of the molecule is C=C(C(=O)O)C1OC(=O)CN1c1ccccc1. The van der Waals surface area contributed by atoms with Crippen LogP contribution in [0.1, 0.15) is 0 Å². The van der Waals surface area contributed by atoms with E-state index in [0.29, 0.717) is 0 Å². The molecule has 17 heavy (non-hydrogen) atoms. The molecule has 0 amide bonds.